The minimum atomic E-state index is -0.728. The van der Waals surface area contributed by atoms with E-state index in [1.54, 1.807) is 25.1 Å². The van der Waals surface area contributed by atoms with Crippen molar-refractivity contribution in [3.63, 3.8) is 0 Å². The minimum Gasteiger partial charge on any atom is -0.345 e. The summed E-state index contributed by atoms with van der Waals surface area (Å²) >= 11 is 0. The molecule has 1 aliphatic rings. The van der Waals surface area contributed by atoms with E-state index in [9.17, 15) is 9.18 Å². The quantitative estimate of drug-likeness (QED) is 0.835. The van der Waals surface area contributed by atoms with Crippen molar-refractivity contribution in [2.24, 2.45) is 10.2 Å². The highest BCUT2D eigenvalue weighted by molar-refractivity contribution is 5.73. The zero-order valence-corrected chi connectivity index (χ0v) is 9.07. The fraction of sp³-hybridized carbons (Fsp3) is 0.364. The van der Waals surface area contributed by atoms with Crippen molar-refractivity contribution < 1.29 is 9.18 Å². The second-order valence-corrected chi connectivity index (χ2v) is 3.95. The van der Waals surface area contributed by atoms with Gasteiger partial charge < -0.3 is 5.32 Å². The van der Waals surface area contributed by atoms with E-state index in [4.69, 9.17) is 0 Å². The largest absolute Gasteiger partial charge is 0.345 e. The lowest BCUT2D eigenvalue weighted by atomic mass is 9.97. The van der Waals surface area contributed by atoms with E-state index in [2.05, 4.69) is 15.5 Å². The molecule has 5 heteroatoms. The number of hydrogen-bond donors (Lipinski definition) is 1. The number of benzene rings is 1. The lowest BCUT2D eigenvalue weighted by Crippen LogP contribution is -2.36. The van der Waals surface area contributed by atoms with Gasteiger partial charge in [0.05, 0.1) is 0 Å². The molecular weight excluding hydrogens is 209 g/mol. The molecule has 0 radical (unpaired) electrons. The van der Waals surface area contributed by atoms with Crippen LogP contribution in [-0.2, 0) is 4.79 Å². The van der Waals surface area contributed by atoms with Gasteiger partial charge in [0.2, 0.25) is 11.6 Å². The van der Waals surface area contributed by atoms with E-state index in [-0.39, 0.29) is 11.7 Å². The molecule has 1 N–H and O–H groups in total. The smallest absolute Gasteiger partial charge is 0.217 e. The first-order chi connectivity index (χ1) is 7.53. The Balaban J connectivity index is 2.32. The normalized spacial score (nSPS) is 17.9. The summed E-state index contributed by atoms with van der Waals surface area (Å²) in [5.74, 6) is -0.591. The lowest BCUT2D eigenvalue weighted by Gasteiger charge is -2.21. The molecule has 4 nitrogen and oxygen atoms in total. The summed E-state index contributed by atoms with van der Waals surface area (Å²) in [5.41, 5.74) is -0.321. The Hall–Kier alpha value is -1.78. The molecule has 0 bridgehead atoms. The lowest BCUT2D eigenvalue weighted by molar-refractivity contribution is -0.120. The Morgan fingerprint density at radius 1 is 1.44 bits per heavy atom. The summed E-state index contributed by atoms with van der Waals surface area (Å²) in [6.45, 7) is 3.14. The van der Waals surface area contributed by atoms with E-state index in [0.717, 1.165) is 0 Å². The number of nitrogens with zero attached hydrogens (tertiary/aromatic N) is 2. The molecule has 2 rings (SSSR count). The van der Waals surface area contributed by atoms with Crippen LogP contribution in [0.15, 0.2) is 34.5 Å². The number of nitrogens with one attached hydrogen (secondary N) is 1. The second kappa shape index (κ2) is 3.66. The highest BCUT2D eigenvalue weighted by Crippen LogP contribution is 2.40. The van der Waals surface area contributed by atoms with Crippen LogP contribution in [-0.4, -0.2) is 11.6 Å². The van der Waals surface area contributed by atoms with Crippen molar-refractivity contribution in [3.8, 4) is 0 Å². The van der Waals surface area contributed by atoms with Crippen molar-refractivity contribution >= 4 is 5.91 Å². The first-order valence-electron chi connectivity index (χ1n) is 4.98. The van der Waals surface area contributed by atoms with Gasteiger partial charge in [-0.15, -0.1) is 0 Å². The first-order valence-corrected chi connectivity index (χ1v) is 4.98. The molecule has 0 spiro atoms. The Kier molecular flexibility index (Phi) is 2.46. The number of amides is 1. The third-order valence-corrected chi connectivity index (χ3v) is 2.53. The van der Waals surface area contributed by atoms with Crippen LogP contribution in [0.4, 0.5) is 4.39 Å². The highest BCUT2D eigenvalue weighted by Gasteiger charge is 2.45. The van der Waals surface area contributed by atoms with Crippen LogP contribution in [0.5, 0.6) is 0 Å². The average molecular weight is 221 g/mol. The molecule has 0 fully saturated rings. The van der Waals surface area contributed by atoms with Crippen molar-refractivity contribution in [1.82, 2.24) is 5.32 Å². The van der Waals surface area contributed by atoms with Crippen LogP contribution in [0.3, 0.4) is 0 Å². The summed E-state index contributed by atoms with van der Waals surface area (Å²) in [7, 11) is 0. The summed E-state index contributed by atoms with van der Waals surface area (Å²) < 4.78 is 13.6. The zero-order valence-electron chi connectivity index (χ0n) is 9.07. The number of rotatable bonds is 3. The van der Waals surface area contributed by atoms with Gasteiger partial charge in [-0.2, -0.15) is 10.2 Å². The van der Waals surface area contributed by atoms with Crippen molar-refractivity contribution in [1.29, 1.82) is 0 Å². The van der Waals surface area contributed by atoms with Crippen molar-refractivity contribution in [3.05, 3.63) is 35.6 Å². The van der Waals surface area contributed by atoms with Gasteiger partial charge in [-0.05, 0) is 13.0 Å². The average Bonchev–Trinajstić information content (AvgIpc) is 2.95. The summed E-state index contributed by atoms with van der Waals surface area (Å²) in [6, 6.07) is 5.78. The van der Waals surface area contributed by atoms with Gasteiger partial charge in [0.1, 0.15) is 11.9 Å². The van der Waals surface area contributed by atoms with Gasteiger partial charge >= 0.3 is 0 Å². The summed E-state index contributed by atoms with van der Waals surface area (Å²) in [6.07, 6.45) is 0. The predicted molar refractivity (Wildman–Crippen MR) is 56.2 cm³/mol. The predicted octanol–water partition coefficient (Wildman–Crippen LogP) is 2.18. The summed E-state index contributed by atoms with van der Waals surface area (Å²) in [5, 5.41) is 10.4. The second-order valence-electron chi connectivity index (χ2n) is 3.95. The van der Waals surface area contributed by atoms with Gasteiger partial charge in [-0.25, -0.2) is 4.39 Å². The number of carbonyl (C=O) groups is 1. The molecule has 0 aromatic heterocycles. The topological polar surface area (TPSA) is 53.8 Å². The van der Waals surface area contributed by atoms with Gasteiger partial charge in [0.25, 0.3) is 0 Å². The molecule has 0 saturated carbocycles. The van der Waals surface area contributed by atoms with Crippen LogP contribution in [0.2, 0.25) is 0 Å². The monoisotopic (exact) mass is 221 g/mol. The summed E-state index contributed by atoms with van der Waals surface area (Å²) in [4.78, 5) is 11.1. The first kappa shape index (κ1) is 10.7. The third kappa shape index (κ3) is 1.93. The molecule has 0 aliphatic carbocycles. The Labute approximate surface area is 92.6 Å². The Morgan fingerprint density at radius 3 is 2.56 bits per heavy atom. The Morgan fingerprint density at radius 2 is 2.06 bits per heavy atom. The van der Waals surface area contributed by atoms with E-state index >= 15 is 0 Å². The molecule has 1 amide bonds. The van der Waals surface area contributed by atoms with Gasteiger partial charge in [0.15, 0.2) is 0 Å². The number of carbonyl (C=O) groups excluding carboxylic acids is 1. The van der Waals surface area contributed by atoms with E-state index in [1.165, 1.54) is 13.0 Å². The Bertz CT molecular complexity index is 452. The number of hydrogen-bond acceptors (Lipinski definition) is 3. The van der Waals surface area contributed by atoms with E-state index < -0.39 is 11.7 Å². The molecule has 1 atom stereocenters. The molecule has 1 unspecified atom stereocenters. The molecule has 1 aliphatic heterocycles. The fourth-order valence-corrected chi connectivity index (χ4v) is 1.62. The maximum absolute atomic E-state index is 13.6. The van der Waals surface area contributed by atoms with Crippen LogP contribution in [0.25, 0.3) is 0 Å². The minimum absolute atomic E-state index is 0.230. The van der Waals surface area contributed by atoms with Crippen LogP contribution in [0.1, 0.15) is 25.5 Å². The molecule has 16 heavy (non-hydrogen) atoms. The van der Waals surface area contributed by atoms with Crippen molar-refractivity contribution in [2.75, 3.05) is 0 Å². The van der Waals surface area contributed by atoms with E-state index in [0.29, 0.717) is 5.56 Å². The molecule has 1 aromatic rings. The van der Waals surface area contributed by atoms with Gasteiger partial charge in [-0.1, -0.05) is 18.2 Å². The molecular formula is C11H12FN3O. The van der Waals surface area contributed by atoms with Crippen molar-refractivity contribution in [2.45, 2.75) is 25.6 Å². The fourth-order valence-electron chi connectivity index (χ4n) is 1.62. The van der Waals surface area contributed by atoms with Gasteiger partial charge in [0, 0.05) is 12.5 Å². The SMILES string of the molecule is CC(=O)NC(c1ccccc1F)C1(C)N=N1. The molecule has 0 saturated heterocycles. The van der Waals surface area contributed by atoms with Crippen LogP contribution >= 0.6 is 0 Å². The van der Waals surface area contributed by atoms with Crippen LogP contribution < -0.4 is 5.32 Å². The molecule has 1 aromatic carbocycles. The maximum atomic E-state index is 13.6. The van der Waals surface area contributed by atoms with Gasteiger partial charge in [-0.3, -0.25) is 4.79 Å². The zero-order chi connectivity index (χ0) is 11.8. The number of halogens is 1. The highest BCUT2D eigenvalue weighted by atomic mass is 19.1. The van der Waals surface area contributed by atoms with E-state index in [1.807, 2.05) is 0 Å². The van der Waals surface area contributed by atoms with Crippen LogP contribution in [0, 0.1) is 5.82 Å². The third-order valence-electron chi connectivity index (χ3n) is 2.53. The standard InChI is InChI=1S/C11H12FN3O/c1-7(16)13-10(11(2)14-15-11)8-5-3-4-6-9(8)12/h3-6,10H,1-2H3,(H,13,16). The molecule has 1 heterocycles. The maximum Gasteiger partial charge on any atom is 0.217 e. The molecule has 84 valence electrons.